The molecule has 0 spiro atoms. The Kier molecular flexibility index (Phi) is 4.43. The van der Waals surface area contributed by atoms with Crippen LogP contribution in [0, 0.1) is 0 Å². The molecule has 1 fully saturated rings. The summed E-state index contributed by atoms with van der Waals surface area (Å²) in [6, 6.07) is 0.702. The monoisotopic (exact) mass is 251 g/mol. The molecule has 0 radical (unpaired) electrons. The van der Waals surface area contributed by atoms with Gasteiger partial charge in [0, 0.05) is 31.9 Å². The van der Waals surface area contributed by atoms with E-state index in [1.54, 1.807) is 7.11 Å². The fraction of sp³-hybridized carbons (Fsp3) is 0.714. The number of hydrogen-bond acceptors (Lipinski definition) is 4. The molecule has 1 heterocycles. The largest absolute Gasteiger partial charge is 0.375 e. The van der Waals surface area contributed by atoms with Crippen LogP contribution in [0.3, 0.4) is 0 Å². The summed E-state index contributed by atoms with van der Waals surface area (Å²) in [6.07, 6.45) is 8.79. The molecule has 2 aliphatic rings. The molecule has 1 aliphatic heterocycles. The van der Waals surface area contributed by atoms with Gasteiger partial charge in [-0.15, -0.1) is 0 Å². The predicted molar refractivity (Wildman–Crippen MR) is 74.3 cm³/mol. The minimum atomic E-state index is -0.0157. The molecular formula is C14H25N3O. The summed E-state index contributed by atoms with van der Waals surface area (Å²) in [5.41, 5.74) is 7.23. The highest BCUT2D eigenvalue weighted by Gasteiger charge is 2.24. The van der Waals surface area contributed by atoms with Crippen molar-refractivity contribution in [2.24, 2.45) is 5.73 Å². The Bertz CT molecular complexity index is 330. The molecular weight excluding hydrogens is 226 g/mol. The highest BCUT2D eigenvalue weighted by Crippen LogP contribution is 2.22. The molecule has 1 saturated heterocycles. The second kappa shape index (κ2) is 5.87. The zero-order valence-corrected chi connectivity index (χ0v) is 11.7. The van der Waals surface area contributed by atoms with E-state index in [1.807, 2.05) is 6.08 Å². The van der Waals surface area contributed by atoms with Gasteiger partial charge in [0.15, 0.2) is 0 Å². The van der Waals surface area contributed by atoms with Gasteiger partial charge in [0.05, 0.1) is 12.1 Å². The lowest BCUT2D eigenvalue weighted by Crippen LogP contribution is -2.43. The molecule has 2 unspecified atom stereocenters. The van der Waals surface area contributed by atoms with Gasteiger partial charge in [-0.1, -0.05) is 6.08 Å². The van der Waals surface area contributed by atoms with E-state index in [2.05, 4.69) is 36.0 Å². The Hall–Kier alpha value is -0.840. The third kappa shape index (κ3) is 2.94. The number of piperidine rings is 1. The third-order valence-corrected chi connectivity index (χ3v) is 4.04. The van der Waals surface area contributed by atoms with E-state index in [9.17, 15) is 0 Å². The Balaban J connectivity index is 1.96. The lowest BCUT2D eigenvalue weighted by atomic mass is 10.00. The van der Waals surface area contributed by atoms with E-state index in [0.29, 0.717) is 0 Å². The van der Waals surface area contributed by atoms with Gasteiger partial charge in [0.1, 0.15) is 0 Å². The van der Waals surface area contributed by atoms with Crippen molar-refractivity contribution in [3.63, 3.8) is 0 Å². The van der Waals surface area contributed by atoms with E-state index in [4.69, 9.17) is 10.5 Å². The molecule has 0 bridgehead atoms. The number of hydrogen-bond donors (Lipinski definition) is 1. The van der Waals surface area contributed by atoms with Crippen molar-refractivity contribution in [2.75, 3.05) is 34.3 Å². The van der Waals surface area contributed by atoms with Crippen molar-refractivity contribution in [3.05, 3.63) is 23.9 Å². The summed E-state index contributed by atoms with van der Waals surface area (Å²) < 4.78 is 5.40. The number of nitrogens with zero attached hydrogens (tertiary/aromatic N) is 2. The Morgan fingerprint density at radius 1 is 1.33 bits per heavy atom. The third-order valence-electron chi connectivity index (χ3n) is 4.04. The molecule has 1 aliphatic carbocycles. The van der Waals surface area contributed by atoms with Crippen LogP contribution in [0.1, 0.15) is 12.8 Å². The standard InChI is InChI=1S/C14H25N3O/c1-16(2)11-6-8-17(9-7-11)12-4-5-13(15)14(10-12)18-3/h4-5,10-11,13-14H,6-9,15H2,1-3H3. The van der Waals surface area contributed by atoms with Crippen LogP contribution in [0.4, 0.5) is 0 Å². The van der Waals surface area contributed by atoms with Crippen molar-refractivity contribution in [2.45, 2.75) is 31.0 Å². The minimum absolute atomic E-state index is 0.0107. The average molecular weight is 251 g/mol. The molecule has 4 heteroatoms. The van der Waals surface area contributed by atoms with Crippen LogP contribution in [0.25, 0.3) is 0 Å². The molecule has 4 nitrogen and oxygen atoms in total. The van der Waals surface area contributed by atoms with Crippen molar-refractivity contribution < 1.29 is 4.74 Å². The predicted octanol–water partition coefficient (Wildman–Crippen LogP) is 0.808. The lowest BCUT2D eigenvalue weighted by Gasteiger charge is -2.38. The molecule has 2 rings (SSSR count). The zero-order valence-electron chi connectivity index (χ0n) is 11.7. The van der Waals surface area contributed by atoms with Gasteiger partial charge in [-0.2, -0.15) is 0 Å². The van der Waals surface area contributed by atoms with E-state index >= 15 is 0 Å². The molecule has 0 aromatic heterocycles. The minimum Gasteiger partial charge on any atom is -0.375 e. The zero-order chi connectivity index (χ0) is 13.1. The van der Waals surface area contributed by atoms with Crippen molar-refractivity contribution >= 4 is 0 Å². The summed E-state index contributed by atoms with van der Waals surface area (Å²) in [7, 11) is 6.05. The first-order chi connectivity index (χ1) is 8.61. The Morgan fingerprint density at radius 3 is 2.56 bits per heavy atom. The van der Waals surface area contributed by atoms with E-state index in [0.717, 1.165) is 19.1 Å². The number of rotatable bonds is 3. The average Bonchev–Trinajstić information content (AvgIpc) is 2.39. The number of nitrogens with two attached hydrogens (primary N) is 1. The van der Waals surface area contributed by atoms with Gasteiger partial charge >= 0.3 is 0 Å². The van der Waals surface area contributed by atoms with E-state index in [-0.39, 0.29) is 12.1 Å². The van der Waals surface area contributed by atoms with Crippen LogP contribution in [0.2, 0.25) is 0 Å². The highest BCUT2D eigenvalue weighted by molar-refractivity contribution is 5.27. The second-order valence-corrected chi connectivity index (χ2v) is 5.41. The summed E-state index contributed by atoms with van der Waals surface area (Å²) in [5, 5.41) is 0. The highest BCUT2D eigenvalue weighted by atomic mass is 16.5. The van der Waals surface area contributed by atoms with Crippen LogP contribution in [0.15, 0.2) is 23.9 Å². The number of ether oxygens (including phenoxy) is 1. The number of allylic oxidation sites excluding steroid dienone is 1. The summed E-state index contributed by atoms with van der Waals surface area (Å²) in [4.78, 5) is 4.77. The first-order valence-corrected chi connectivity index (χ1v) is 6.71. The fourth-order valence-corrected chi connectivity index (χ4v) is 2.73. The first-order valence-electron chi connectivity index (χ1n) is 6.71. The van der Waals surface area contributed by atoms with Gasteiger partial charge < -0.3 is 20.3 Å². The summed E-state index contributed by atoms with van der Waals surface area (Å²) in [5.74, 6) is 0. The molecule has 0 saturated carbocycles. The van der Waals surface area contributed by atoms with Crippen LogP contribution in [0.5, 0.6) is 0 Å². The van der Waals surface area contributed by atoms with Crippen LogP contribution >= 0.6 is 0 Å². The molecule has 2 N–H and O–H groups in total. The molecule has 0 aromatic carbocycles. The second-order valence-electron chi connectivity index (χ2n) is 5.41. The van der Waals surface area contributed by atoms with E-state index < -0.39 is 0 Å². The molecule has 0 aromatic rings. The van der Waals surface area contributed by atoms with Crippen molar-refractivity contribution in [1.29, 1.82) is 0 Å². The molecule has 102 valence electrons. The van der Waals surface area contributed by atoms with Gasteiger partial charge in [0.25, 0.3) is 0 Å². The fourth-order valence-electron chi connectivity index (χ4n) is 2.73. The van der Waals surface area contributed by atoms with Crippen molar-refractivity contribution in [3.8, 4) is 0 Å². The maximum atomic E-state index is 5.96. The van der Waals surface area contributed by atoms with Crippen LogP contribution < -0.4 is 5.73 Å². The summed E-state index contributed by atoms with van der Waals surface area (Å²) >= 11 is 0. The van der Waals surface area contributed by atoms with Gasteiger partial charge in [-0.25, -0.2) is 0 Å². The quantitative estimate of drug-likeness (QED) is 0.806. The van der Waals surface area contributed by atoms with Gasteiger partial charge in [0.2, 0.25) is 0 Å². The topological polar surface area (TPSA) is 41.7 Å². The SMILES string of the molecule is COC1C=C(N2CCC(N(C)C)CC2)C=CC1N. The van der Waals surface area contributed by atoms with Gasteiger partial charge in [-0.05, 0) is 39.1 Å². The number of methoxy groups -OCH3 is 1. The van der Waals surface area contributed by atoms with Gasteiger partial charge in [-0.3, -0.25) is 0 Å². The molecule has 18 heavy (non-hydrogen) atoms. The van der Waals surface area contributed by atoms with Crippen LogP contribution in [-0.4, -0.2) is 62.3 Å². The Labute approximate surface area is 110 Å². The first kappa shape index (κ1) is 13.6. The number of likely N-dealkylation sites (tertiary alicyclic amines) is 1. The van der Waals surface area contributed by atoms with E-state index in [1.165, 1.54) is 18.5 Å². The smallest absolute Gasteiger partial charge is 0.0961 e. The molecule has 2 atom stereocenters. The van der Waals surface area contributed by atoms with Crippen LogP contribution in [-0.2, 0) is 4.74 Å². The maximum Gasteiger partial charge on any atom is 0.0961 e. The molecule has 0 amide bonds. The van der Waals surface area contributed by atoms with Crippen molar-refractivity contribution in [1.82, 2.24) is 9.80 Å². The maximum absolute atomic E-state index is 5.96. The Morgan fingerprint density at radius 2 is 2.00 bits per heavy atom. The lowest BCUT2D eigenvalue weighted by molar-refractivity contribution is 0.123. The summed E-state index contributed by atoms with van der Waals surface area (Å²) in [6.45, 7) is 2.23. The normalized spacial score (nSPS) is 29.8.